The number of nitrogens with one attached hydrogen (secondary N) is 1. The van der Waals surface area contributed by atoms with Crippen molar-refractivity contribution in [3.63, 3.8) is 0 Å². The lowest BCUT2D eigenvalue weighted by atomic mass is 9.68. The molecule has 1 nitrogen and oxygen atoms in total. The second-order valence-electron chi connectivity index (χ2n) is 11.8. The number of aryl methyl sites for hydroxylation is 1. The van der Waals surface area contributed by atoms with Gasteiger partial charge in [0, 0.05) is 11.8 Å². The van der Waals surface area contributed by atoms with Crippen LogP contribution in [0.3, 0.4) is 0 Å². The largest absolute Gasteiger partial charge is 0.313 e. The van der Waals surface area contributed by atoms with E-state index >= 15 is 0 Å². The van der Waals surface area contributed by atoms with Gasteiger partial charge in [0.15, 0.2) is 5.67 Å². The zero-order chi connectivity index (χ0) is 34.5. The fourth-order valence-corrected chi connectivity index (χ4v) is 4.90. The number of halogens is 4. The molecule has 45 heavy (non-hydrogen) atoms. The van der Waals surface area contributed by atoms with Crippen LogP contribution in [0.25, 0.3) is 0 Å². The molecule has 3 aromatic rings. The maximum atomic E-state index is 14.7. The van der Waals surface area contributed by atoms with Crippen molar-refractivity contribution >= 4 is 6.21 Å². The van der Waals surface area contributed by atoms with Gasteiger partial charge in [0.05, 0.1) is 0 Å². The normalized spacial score (nSPS) is 13.0. The molecule has 0 heterocycles. The van der Waals surface area contributed by atoms with Crippen molar-refractivity contribution in [2.24, 2.45) is 0 Å². The summed E-state index contributed by atoms with van der Waals surface area (Å²) in [4.78, 5) is 0. The third kappa shape index (κ3) is 15.6. The molecule has 3 rings (SSSR count). The van der Waals surface area contributed by atoms with Gasteiger partial charge in [0.25, 0.3) is 6.43 Å². The molecule has 0 radical (unpaired) electrons. The van der Waals surface area contributed by atoms with Crippen molar-refractivity contribution in [3.8, 4) is 0 Å². The van der Waals surface area contributed by atoms with Crippen molar-refractivity contribution < 1.29 is 17.6 Å². The first kappa shape index (κ1) is 41.8. The molecule has 0 fully saturated rings. The molecule has 0 aromatic heterocycles. The van der Waals surface area contributed by atoms with Crippen LogP contribution >= 0.6 is 0 Å². The van der Waals surface area contributed by atoms with Crippen LogP contribution in [-0.4, -0.2) is 18.3 Å². The maximum absolute atomic E-state index is 14.7. The Balaban J connectivity index is 0.00000116. The number of alkyl halides is 3. The van der Waals surface area contributed by atoms with Crippen LogP contribution in [0.1, 0.15) is 115 Å². The van der Waals surface area contributed by atoms with Crippen LogP contribution < -0.4 is 0 Å². The highest BCUT2D eigenvalue weighted by molar-refractivity contribution is 5.52. The van der Waals surface area contributed by atoms with Crippen LogP contribution in [0, 0.1) is 18.2 Å². The zero-order valence-electron chi connectivity index (χ0n) is 29.0. The van der Waals surface area contributed by atoms with Gasteiger partial charge < -0.3 is 5.41 Å². The molecule has 0 aliphatic heterocycles. The second-order valence-corrected chi connectivity index (χ2v) is 11.8. The van der Waals surface area contributed by atoms with E-state index in [1.807, 2.05) is 96.1 Å². The molecular formula is C40H57F4N. The standard InChI is InChI=1S/C27H28F4.C7H15N.C4H8.C2H6/c1-4-27(18-20-8-6-5-7-9-20,22-12-10-19(2)11-13-22)23-14-21(15-24(28)16-23)17-26(3,31)25(29)30;1-2-3-4-5-6-7-8;1-4(2)3;1-2/h5-16,25H,4,17-18H2,1-3H3;7-8H,2-6H2,1H3;1H2,2-3H3;1-2H3/t26?,27-;;;/m0.../s1. The molecule has 0 aliphatic rings. The first-order valence-corrected chi connectivity index (χ1v) is 16.3. The number of unbranched alkanes of at least 4 members (excludes halogenated alkanes) is 4. The number of allylic oxidation sites excluding steroid dienone is 1. The summed E-state index contributed by atoms with van der Waals surface area (Å²) in [5.74, 6) is -0.546. The first-order chi connectivity index (χ1) is 21.3. The highest BCUT2D eigenvalue weighted by atomic mass is 19.3. The van der Waals surface area contributed by atoms with Gasteiger partial charge in [0.2, 0.25) is 0 Å². The van der Waals surface area contributed by atoms with Crippen molar-refractivity contribution in [1.82, 2.24) is 0 Å². The Morgan fingerprint density at radius 3 is 1.91 bits per heavy atom. The fourth-order valence-electron chi connectivity index (χ4n) is 4.90. The SMILES string of the molecule is C=C(C)C.CC.CCCCCCC=N.CC[C@](Cc1ccccc1)(c1ccc(C)cc1)c1cc(F)cc(CC(C)(F)C(F)F)c1. The molecule has 0 saturated carbocycles. The van der Waals surface area contributed by atoms with Gasteiger partial charge in [-0.05, 0) is 94.0 Å². The third-order valence-electron chi connectivity index (χ3n) is 7.27. The Morgan fingerprint density at radius 1 is 0.844 bits per heavy atom. The molecule has 5 heteroatoms. The Kier molecular flexibility index (Phi) is 20.7. The minimum absolute atomic E-state index is 0.235. The summed E-state index contributed by atoms with van der Waals surface area (Å²) < 4.78 is 55.3. The summed E-state index contributed by atoms with van der Waals surface area (Å²) in [7, 11) is 0. The highest BCUT2D eigenvalue weighted by Gasteiger charge is 2.37. The van der Waals surface area contributed by atoms with Gasteiger partial charge in [-0.15, -0.1) is 6.58 Å². The van der Waals surface area contributed by atoms with E-state index in [9.17, 15) is 17.6 Å². The molecule has 1 unspecified atom stereocenters. The van der Waals surface area contributed by atoms with Crippen LogP contribution in [0.2, 0.25) is 0 Å². The summed E-state index contributed by atoms with van der Waals surface area (Å²) in [5, 5.41) is 6.71. The van der Waals surface area contributed by atoms with Gasteiger partial charge in [-0.1, -0.05) is 119 Å². The van der Waals surface area contributed by atoms with Crippen molar-refractivity contribution in [2.75, 3.05) is 0 Å². The lowest BCUT2D eigenvalue weighted by Crippen LogP contribution is -2.32. The number of hydrogen-bond donors (Lipinski definition) is 1. The van der Waals surface area contributed by atoms with E-state index < -0.39 is 29.7 Å². The Labute approximate surface area is 271 Å². The Bertz CT molecular complexity index is 1210. The van der Waals surface area contributed by atoms with Crippen LogP contribution in [0.5, 0.6) is 0 Å². The smallest absolute Gasteiger partial charge is 0.272 e. The van der Waals surface area contributed by atoms with Gasteiger partial charge in [0.1, 0.15) is 5.82 Å². The first-order valence-electron chi connectivity index (χ1n) is 16.3. The Morgan fingerprint density at radius 2 is 1.42 bits per heavy atom. The summed E-state index contributed by atoms with van der Waals surface area (Å²) in [6.45, 7) is 18.6. The predicted molar refractivity (Wildman–Crippen MR) is 187 cm³/mol. The summed E-state index contributed by atoms with van der Waals surface area (Å²) in [6.07, 6.45) is 5.17. The summed E-state index contributed by atoms with van der Waals surface area (Å²) in [6, 6.07) is 22.3. The lowest BCUT2D eigenvalue weighted by molar-refractivity contribution is -0.0216. The molecule has 0 amide bonds. The monoisotopic (exact) mass is 627 g/mol. The van der Waals surface area contributed by atoms with Gasteiger partial charge in [-0.25, -0.2) is 17.6 Å². The highest BCUT2D eigenvalue weighted by Crippen LogP contribution is 2.40. The second kappa shape index (κ2) is 22.3. The van der Waals surface area contributed by atoms with E-state index in [-0.39, 0.29) is 5.56 Å². The van der Waals surface area contributed by atoms with Gasteiger partial charge in [-0.3, -0.25) is 0 Å². The third-order valence-corrected chi connectivity index (χ3v) is 7.27. The molecule has 1 N–H and O–H groups in total. The van der Waals surface area contributed by atoms with E-state index in [2.05, 4.69) is 13.5 Å². The molecule has 0 bridgehead atoms. The van der Waals surface area contributed by atoms with Crippen molar-refractivity contribution in [3.05, 3.63) is 119 Å². The summed E-state index contributed by atoms with van der Waals surface area (Å²) in [5.41, 5.74) is 1.98. The lowest BCUT2D eigenvalue weighted by Gasteiger charge is -2.35. The van der Waals surface area contributed by atoms with Crippen molar-refractivity contribution in [2.45, 2.75) is 124 Å². The Hall–Kier alpha value is -3.21. The number of hydrogen-bond acceptors (Lipinski definition) is 1. The van der Waals surface area contributed by atoms with E-state index in [0.29, 0.717) is 18.4 Å². The van der Waals surface area contributed by atoms with Gasteiger partial charge >= 0.3 is 0 Å². The topological polar surface area (TPSA) is 23.9 Å². The molecule has 2 atom stereocenters. The molecule has 0 spiro atoms. The molecular weight excluding hydrogens is 570 g/mol. The molecule has 250 valence electrons. The average molecular weight is 628 g/mol. The minimum atomic E-state index is -3.14. The zero-order valence-corrected chi connectivity index (χ0v) is 29.0. The molecule has 0 aliphatic carbocycles. The predicted octanol–water partition coefficient (Wildman–Crippen LogP) is 12.8. The van der Waals surface area contributed by atoms with Crippen molar-refractivity contribution in [1.29, 1.82) is 5.41 Å². The fraction of sp³-hybridized carbons (Fsp3) is 0.475. The minimum Gasteiger partial charge on any atom is -0.313 e. The maximum Gasteiger partial charge on any atom is 0.272 e. The quantitative estimate of drug-likeness (QED) is 0.0844. The average Bonchev–Trinajstić information content (AvgIpc) is 3.00. The summed E-state index contributed by atoms with van der Waals surface area (Å²) >= 11 is 0. The number of rotatable bonds is 13. The van der Waals surface area contributed by atoms with Crippen LogP contribution in [0.4, 0.5) is 17.6 Å². The van der Waals surface area contributed by atoms with E-state index in [0.717, 1.165) is 36.1 Å². The van der Waals surface area contributed by atoms with Crippen LogP contribution in [0.15, 0.2) is 84.9 Å². The number of benzene rings is 3. The van der Waals surface area contributed by atoms with E-state index in [4.69, 9.17) is 5.41 Å². The van der Waals surface area contributed by atoms with Crippen LogP contribution in [-0.2, 0) is 18.3 Å². The van der Waals surface area contributed by atoms with E-state index in [1.54, 1.807) is 6.07 Å². The van der Waals surface area contributed by atoms with Gasteiger partial charge in [-0.2, -0.15) is 0 Å². The molecule has 3 aromatic carbocycles. The van der Waals surface area contributed by atoms with E-state index in [1.165, 1.54) is 43.5 Å². The molecule has 0 saturated heterocycles.